The molecule has 0 aromatic rings. The molecule has 1 saturated heterocycles. The summed E-state index contributed by atoms with van der Waals surface area (Å²) in [6.45, 7) is 9.51. The van der Waals surface area contributed by atoms with Crippen LogP contribution in [0.4, 0.5) is 0 Å². The van der Waals surface area contributed by atoms with E-state index in [1.54, 1.807) is 0 Å². The van der Waals surface area contributed by atoms with Crippen molar-refractivity contribution in [2.45, 2.75) is 77.4 Å². The highest BCUT2D eigenvalue weighted by Gasteiger charge is 2.46. The summed E-state index contributed by atoms with van der Waals surface area (Å²) in [5, 5.41) is 0. The van der Waals surface area contributed by atoms with Crippen LogP contribution in [0.2, 0.25) is 0 Å². The van der Waals surface area contributed by atoms with Crippen LogP contribution >= 0.6 is 0 Å². The van der Waals surface area contributed by atoms with Gasteiger partial charge in [0.05, 0.1) is 0 Å². The molecule has 3 unspecified atom stereocenters. The Hall–Kier alpha value is -0.0400. The zero-order valence-corrected chi connectivity index (χ0v) is 10.2. The standard InChI is InChI=1S/C13H25N/c1-5-11-9-10-7-6-8-12(10)14(11)13(2,3)4/h10-12H,5-9H2,1-4H3. The monoisotopic (exact) mass is 195 g/mol. The lowest BCUT2D eigenvalue weighted by Crippen LogP contribution is -2.48. The molecule has 3 atom stereocenters. The Bertz CT molecular complexity index is 204. The zero-order chi connectivity index (χ0) is 10.3. The van der Waals surface area contributed by atoms with Crippen LogP contribution in [0, 0.1) is 5.92 Å². The summed E-state index contributed by atoms with van der Waals surface area (Å²) >= 11 is 0. The minimum absolute atomic E-state index is 0.379. The summed E-state index contributed by atoms with van der Waals surface area (Å²) in [5.41, 5.74) is 0.379. The number of rotatable bonds is 1. The summed E-state index contributed by atoms with van der Waals surface area (Å²) in [6, 6.07) is 1.78. The third-order valence-electron chi connectivity index (χ3n) is 4.19. The molecule has 1 saturated carbocycles. The van der Waals surface area contributed by atoms with E-state index >= 15 is 0 Å². The van der Waals surface area contributed by atoms with Gasteiger partial charge in [0.25, 0.3) is 0 Å². The van der Waals surface area contributed by atoms with Crippen LogP contribution in [0.3, 0.4) is 0 Å². The molecule has 1 nitrogen and oxygen atoms in total. The van der Waals surface area contributed by atoms with Crippen molar-refractivity contribution in [1.29, 1.82) is 0 Å². The van der Waals surface area contributed by atoms with Crippen LogP contribution in [-0.2, 0) is 0 Å². The van der Waals surface area contributed by atoms with Gasteiger partial charge in [0.15, 0.2) is 0 Å². The van der Waals surface area contributed by atoms with Gasteiger partial charge in [0.1, 0.15) is 0 Å². The Morgan fingerprint density at radius 2 is 1.93 bits per heavy atom. The maximum Gasteiger partial charge on any atom is 0.0132 e. The predicted molar refractivity (Wildman–Crippen MR) is 61.4 cm³/mol. The molecule has 0 spiro atoms. The molecule has 2 aliphatic rings. The zero-order valence-electron chi connectivity index (χ0n) is 10.2. The number of fused-ring (bicyclic) bond motifs is 1. The van der Waals surface area contributed by atoms with Crippen LogP contribution in [0.5, 0.6) is 0 Å². The van der Waals surface area contributed by atoms with Gasteiger partial charge < -0.3 is 0 Å². The van der Waals surface area contributed by atoms with Crippen LogP contribution < -0.4 is 0 Å². The quantitative estimate of drug-likeness (QED) is 0.619. The van der Waals surface area contributed by atoms with E-state index in [1.807, 2.05) is 0 Å². The van der Waals surface area contributed by atoms with E-state index in [0.717, 1.165) is 18.0 Å². The lowest BCUT2D eigenvalue weighted by Gasteiger charge is -2.41. The van der Waals surface area contributed by atoms with Crippen molar-refractivity contribution in [3.63, 3.8) is 0 Å². The highest BCUT2D eigenvalue weighted by Crippen LogP contribution is 2.45. The Labute approximate surface area is 88.9 Å². The lowest BCUT2D eigenvalue weighted by molar-refractivity contribution is 0.0707. The SMILES string of the molecule is CCC1CC2CCCC2N1C(C)(C)C. The van der Waals surface area contributed by atoms with E-state index in [4.69, 9.17) is 0 Å². The summed E-state index contributed by atoms with van der Waals surface area (Å²) in [6.07, 6.45) is 7.23. The van der Waals surface area contributed by atoms with E-state index < -0.39 is 0 Å². The third-order valence-corrected chi connectivity index (χ3v) is 4.19. The summed E-state index contributed by atoms with van der Waals surface area (Å²) in [5.74, 6) is 1.03. The topological polar surface area (TPSA) is 3.24 Å². The molecule has 0 bridgehead atoms. The largest absolute Gasteiger partial charge is 0.292 e. The second-order valence-electron chi connectivity index (χ2n) is 6.13. The minimum Gasteiger partial charge on any atom is -0.292 e. The van der Waals surface area contributed by atoms with E-state index in [0.29, 0.717) is 5.54 Å². The van der Waals surface area contributed by atoms with Crippen LogP contribution in [0.1, 0.15) is 59.8 Å². The van der Waals surface area contributed by atoms with E-state index in [2.05, 4.69) is 32.6 Å². The Kier molecular flexibility index (Phi) is 2.63. The van der Waals surface area contributed by atoms with Crippen molar-refractivity contribution in [3.8, 4) is 0 Å². The van der Waals surface area contributed by atoms with Gasteiger partial charge in [-0.1, -0.05) is 13.3 Å². The van der Waals surface area contributed by atoms with Crippen LogP contribution in [0.25, 0.3) is 0 Å². The highest BCUT2D eigenvalue weighted by atomic mass is 15.3. The van der Waals surface area contributed by atoms with Gasteiger partial charge in [-0.05, 0) is 52.4 Å². The molecule has 1 aliphatic heterocycles. The maximum atomic E-state index is 2.82. The molecular weight excluding hydrogens is 170 g/mol. The molecule has 1 aliphatic carbocycles. The van der Waals surface area contributed by atoms with Gasteiger partial charge in [-0.25, -0.2) is 0 Å². The number of nitrogens with zero attached hydrogens (tertiary/aromatic N) is 1. The van der Waals surface area contributed by atoms with Gasteiger partial charge >= 0.3 is 0 Å². The van der Waals surface area contributed by atoms with E-state index in [1.165, 1.54) is 32.1 Å². The van der Waals surface area contributed by atoms with Crippen LogP contribution in [-0.4, -0.2) is 22.5 Å². The molecule has 0 N–H and O–H groups in total. The van der Waals surface area contributed by atoms with Crippen molar-refractivity contribution in [2.75, 3.05) is 0 Å². The third kappa shape index (κ3) is 1.60. The van der Waals surface area contributed by atoms with Gasteiger partial charge in [0, 0.05) is 17.6 Å². The Morgan fingerprint density at radius 1 is 1.21 bits per heavy atom. The molecule has 0 aromatic heterocycles. The fourth-order valence-corrected chi connectivity index (χ4v) is 3.80. The average Bonchev–Trinajstić information content (AvgIpc) is 2.57. The number of likely N-dealkylation sites (tertiary alicyclic amines) is 1. The highest BCUT2D eigenvalue weighted by molar-refractivity contribution is 5.01. The molecule has 0 amide bonds. The first kappa shape index (κ1) is 10.5. The normalized spacial score (nSPS) is 39.0. The first-order chi connectivity index (χ1) is 6.54. The average molecular weight is 195 g/mol. The van der Waals surface area contributed by atoms with Crippen molar-refractivity contribution < 1.29 is 0 Å². The van der Waals surface area contributed by atoms with Gasteiger partial charge in [-0.2, -0.15) is 0 Å². The maximum absolute atomic E-state index is 2.82. The molecule has 14 heavy (non-hydrogen) atoms. The minimum atomic E-state index is 0.379. The van der Waals surface area contributed by atoms with E-state index in [9.17, 15) is 0 Å². The second-order valence-corrected chi connectivity index (χ2v) is 6.13. The molecule has 2 fully saturated rings. The van der Waals surface area contributed by atoms with E-state index in [-0.39, 0.29) is 0 Å². The summed E-state index contributed by atoms with van der Waals surface area (Å²) in [4.78, 5) is 2.82. The lowest BCUT2D eigenvalue weighted by atomic mass is 10.0. The smallest absolute Gasteiger partial charge is 0.0132 e. The first-order valence-electron chi connectivity index (χ1n) is 6.32. The first-order valence-corrected chi connectivity index (χ1v) is 6.32. The number of hydrogen-bond acceptors (Lipinski definition) is 1. The molecule has 1 heteroatoms. The molecule has 1 heterocycles. The van der Waals surface area contributed by atoms with Crippen molar-refractivity contribution in [3.05, 3.63) is 0 Å². The van der Waals surface area contributed by atoms with Crippen molar-refractivity contribution in [1.82, 2.24) is 4.90 Å². The molecular formula is C13H25N. The summed E-state index contributed by atoms with van der Waals surface area (Å²) in [7, 11) is 0. The van der Waals surface area contributed by atoms with Gasteiger partial charge in [-0.15, -0.1) is 0 Å². The number of hydrogen-bond donors (Lipinski definition) is 0. The fraction of sp³-hybridized carbons (Fsp3) is 1.00. The molecule has 82 valence electrons. The summed E-state index contributed by atoms with van der Waals surface area (Å²) < 4.78 is 0. The van der Waals surface area contributed by atoms with Gasteiger partial charge in [0.2, 0.25) is 0 Å². The Balaban J connectivity index is 2.17. The predicted octanol–water partition coefficient (Wildman–Crippen LogP) is 3.44. The second kappa shape index (κ2) is 3.52. The molecule has 0 aromatic carbocycles. The van der Waals surface area contributed by atoms with Crippen molar-refractivity contribution in [2.24, 2.45) is 5.92 Å². The van der Waals surface area contributed by atoms with Crippen molar-refractivity contribution >= 4 is 0 Å². The fourth-order valence-electron chi connectivity index (χ4n) is 3.80. The van der Waals surface area contributed by atoms with Crippen LogP contribution in [0.15, 0.2) is 0 Å². The molecule has 2 rings (SSSR count). The Morgan fingerprint density at radius 3 is 2.50 bits per heavy atom. The molecule has 0 radical (unpaired) electrons. The van der Waals surface area contributed by atoms with Gasteiger partial charge in [-0.3, -0.25) is 4.90 Å².